The van der Waals surface area contributed by atoms with Crippen LogP contribution in [0.25, 0.3) is 0 Å². The zero-order chi connectivity index (χ0) is 13.4. The molecule has 1 N–H and O–H groups in total. The van der Waals surface area contributed by atoms with Crippen molar-refractivity contribution in [3.63, 3.8) is 0 Å². The van der Waals surface area contributed by atoms with Crippen molar-refractivity contribution >= 4 is 11.6 Å². The fourth-order valence-corrected chi connectivity index (χ4v) is 2.31. The quantitative estimate of drug-likeness (QED) is 0.773. The monoisotopic (exact) mass is 268 g/mol. The van der Waals surface area contributed by atoms with Crippen molar-refractivity contribution in [2.75, 3.05) is 26.2 Å². The zero-order valence-corrected chi connectivity index (χ0v) is 12.5. The Morgan fingerprint density at radius 1 is 1.11 bits per heavy atom. The molecule has 0 aliphatic carbocycles. The summed E-state index contributed by atoms with van der Waals surface area (Å²) in [5.74, 6) is 0. The summed E-state index contributed by atoms with van der Waals surface area (Å²) in [4.78, 5) is 2.46. The first kappa shape index (κ1) is 15.5. The Labute approximate surface area is 116 Å². The predicted octanol–water partition coefficient (Wildman–Crippen LogP) is 3.72. The number of benzene rings is 1. The van der Waals surface area contributed by atoms with Crippen LogP contribution in [-0.4, -0.2) is 31.1 Å². The van der Waals surface area contributed by atoms with E-state index in [0.717, 1.165) is 37.6 Å². The first-order valence-electron chi connectivity index (χ1n) is 6.92. The maximum Gasteiger partial charge on any atom is 0.0406 e. The largest absolute Gasteiger partial charge is 0.310 e. The van der Waals surface area contributed by atoms with Gasteiger partial charge in [0.25, 0.3) is 0 Å². The number of nitrogens with zero attached hydrogens (tertiary/aromatic N) is 1. The molecular formula is C15H25ClN2. The number of rotatable bonds is 8. The van der Waals surface area contributed by atoms with Gasteiger partial charge < -0.3 is 10.2 Å². The van der Waals surface area contributed by atoms with Gasteiger partial charge in [0.05, 0.1) is 0 Å². The van der Waals surface area contributed by atoms with Gasteiger partial charge in [0.1, 0.15) is 0 Å². The van der Waals surface area contributed by atoms with Gasteiger partial charge in [-0.1, -0.05) is 44.5 Å². The van der Waals surface area contributed by atoms with Gasteiger partial charge in [0, 0.05) is 11.1 Å². The summed E-state index contributed by atoms with van der Waals surface area (Å²) >= 11 is 5.94. The van der Waals surface area contributed by atoms with Crippen LogP contribution in [0.5, 0.6) is 0 Å². The molecule has 1 aromatic rings. The number of hydrogen-bond acceptors (Lipinski definition) is 2. The molecule has 0 bridgehead atoms. The van der Waals surface area contributed by atoms with E-state index in [1.807, 2.05) is 12.1 Å². The van der Waals surface area contributed by atoms with Crippen molar-refractivity contribution in [1.82, 2.24) is 10.2 Å². The fraction of sp³-hybridized carbons (Fsp3) is 0.600. The van der Waals surface area contributed by atoms with E-state index in [9.17, 15) is 0 Å². The minimum atomic E-state index is 0.424. The average Bonchev–Trinajstić information content (AvgIpc) is 2.39. The molecule has 0 heterocycles. The van der Waals surface area contributed by atoms with E-state index in [1.165, 1.54) is 5.56 Å². The molecule has 0 radical (unpaired) electrons. The molecule has 0 saturated carbocycles. The summed E-state index contributed by atoms with van der Waals surface area (Å²) in [7, 11) is 0. The molecule has 0 amide bonds. The van der Waals surface area contributed by atoms with E-state index < -0.39 is 0 Å². The van der Waals surface area contributed by atoms with Gasteiger partial charge in [-0.25, -0.2) is 0 Å². The Hall–Kier alpha value is -0.570. The lowest BCUT2D eigenvalue weighted by atomic mass is 10.0. The maximum atomic E-state index is 5.94. The van der Waals surface area contributed by atoms with Gasteiger partial charge in [0.15, 0.2) is 0 Å². The van der Waals surface area contributed by atoms with Gasteiger partial charge in [-0.3, -0.25) is 0 Å². The number of nitrogens with one attached hydrogen (secondary N) is 1. The lowest BCUT2D eigenvalue weighted by molar-refractivity contribution is 0.282. The summed E-state index contributed by atoms with van der Waals surface area (Å²) in [5, 5.41) is 4.36. The van der Waals surface area contributed by atoms with Gasteiger partial charge in [0.2, 0.25) is 0 Å². The standard InChI is InChI=1S/C15H25ClN2/c1-4-17-15(11-12-18(5-2)6-3)13-7-9-14(16)10-8-13/h7-10,15,17H,4-6,11-12H2,1-3H3. The van der Waals surface area contributed by atoms with Gasteiger partial charge in [-0.15, -0.1) is 0 Å². The molecule has 3 heteroatoms. The van der Waals surface area contributed by atoms with E-state index in [0.29, 0.717) is 6.04 Å². The van der Waals surface area contributed by atoms with Crippen molar-refractivity contribution in [3.05, 3.63) is 34.9 Å². The van der Waals surface area contributed by atoms with Crippen LogP contribution in [0.3, 0.4) is 0 Å². The highest BCUT2D eigenvalue weighted by molar-refractivity contribution is 6.30. The first-order valence-corrected chi connectivity index (χ1v) is 7.30. The van der Waals surface area contributed by atoms with E-state index in [-0.39, 0.29) is 0 Å². The summed E-state index contributed by atoms with van der Waals surface area (Å²) in [5.41, 5.74) is 1.33. The molecule has 0 aliphatic rings. The first-order chi connectivity index (χ1) is 8.71. The second-order valence-corrected chi connectivity index (χ2v) is 4.91. The molecule has 102 valence electrons. The molecule has 1 atom stereocenters. The third kappa shape index (κ3) is 4.97. The van der Waals surface area contributed by atoms with Crippen LogP contribution in [-0.2, 0) is 0 Å². The fourth-order valence-electron chi connectivity index (χ4n) is 2.18. The molecule has 1 unspecified atom stereocenters. The van der Waals surface area contributed by atoms with Crippen molar-refractivity contribution in [3.8, 4) is 0 Å². The van der Waals surface area contributed by atoms with E-state index in [4.69, 9.17) is 11.6 Å². The Morgan fingerprint density at radius 3 is 2.22 bits per heavy atom. The molecule has 1 rings (SSSR count). The van der Waals surface area contributed by atoms with Crippen LogP contribution in [0, 0.1) is 0 Å². The molecular weight excluding hydrogens is 244 g/mol. The molecule has 1 aromatic carbocycles. The van der Waals surface area contributed by atoms with Crippen LogP contribution in [0.15, 0.2) is 24.3 Å². The zero-order valence-electron chi connectivity index (χ0n) is 11.7. The van der Waals surface area contributed by atoms with Crippen molar-refractivity contribution in [2.45, 2.75) is 33.2 Å². The highest BCUT2D eigenvalue weighted by Crippen LogP contribution is 2.19. The average molecular weight is 269 g/mol. The Balaban J connectivity index is 2.61. The molecule has 0 aliphatic heterocycles. The Kier molecular flexibility index (Phi) is 7.33. The van der Waals surface area contributed by atoms with E-state index >= 15 is 0 Å². The van der Waals surface area contributed by atoms with Gasteiger partial charge >= 0.3 is 0 Å². The van der Waals surface area contributed by atoms with Gasteiger partial charge in [-0.05, 0) is 50.3 Å². The van der Waals surface area contributed by atoms with E-state index in [1.54, 1.807) is 0 Å². The third-order valence-corrected chi connectivity index (χ3v) is 3.60. The summed E-state index contributed by atoms with van der Waals surface area (Å²) in [6, 6.07) is 8.61. The number of hydrogen-bond donors (Lipinski definition) is 1. The lowest BCUT2D eigenvalue weighted by Crippen LogP contribution is -2.29. The van der Waals surface area contributed by atoms with E-state index in [2.05, 4.69) is 43.1 Å². The summed E-state index contributed by atoms with van der Waals surface area (Å²) in [6.45, 7) is 11.0. The summed E-state index contributed by atoms with van der Waals surface area (Å²) in [6.07, 6.45) is 1.14. The molecule has 0 aromatic heterocycles. The highest BCUT2D eigenvalue weighted by atomic mass is 35.5. The molecule has 0 fully saturated rings. The van der Waals surface area contributed by atoms with Gasteiger partial charge in [-0.2, -0.15) is 0 Å². The third-order valence-electron chi connectivity index (χ3n) is 3.35. The highest BCUT2D eigenvalue weighted by Gasteiger charge is 2.11. The van der Waals surface area contributed by atoms with Crippen LogP contribution >= 0.6 is 11.6 Å². The van der Waals surface area contributed by atoms with Crippen LogP contribution in [0.4, 0.5) is 0 Å². The molecule has 0 saturated heterocycles. The Bertz CT molecular complexity index is 320. The summed E-state index contributed by atoms with van der Waals surface area (Å²) < 4.78 is 0. The molecule has 2 nitrogen and oxygen atoms in total. The van der Waals surface area contributed by atoms with Crippen molar-refractivity contribution < 1.29 is 0 Å². The Morgan fingerprint density at radius 2 is 1.72 bits per heavy atom. The lowest BCUT2D eigenvalue weighted by Gasteiger charge is -2.23. The van der Waals surface area contributed by atoms with Crippen LogP contribution < -0.4 is 5.32 Å². The second kappa shape index (κ2) is 8.52. The second-order valence-electron chi connectivity index (χ2n) is 4.48. The smallest absolute Gasteiger partial charge is 0.0406 e. The minimum Gasteiger partial charge on any atom is -0.310 e. The normalized spacial score (nSPS) is 12.9. The molecule has 0 spiro atoms. The van der Waals surface area contributed by atoms with Crippen LogP contribution in [0.2, 0.25) is 5.02 Å². The molecule has 18 heavy (non-hydrogen) atoms. The predicted molar refractivity (Wildman–Crippen MR) is 80.3 cm³/mol. The van der Waals surface area contributed by atoms with Crippen molar-refractivity contribution in [1.29, 1.82) is 0 Å². The maximum absolute atomic E-state index is 5.94. The SMILES string of the molecule is CCNC(CCN(CC)CC)c1ccc(Cl)cc1. The van der Waals surface area contributed by atoms with Crippen LogP contribution in [0.1, 0.15) is 38.8 Å². The number of halogens is 1. The topological polar surface area (TPSA) is 15.3 Å². The van der Waals surface area contributed by atoms with Crippen molar-refractivity contribution in [2.24, 2.45) is 0 Å². The minimum absolute atomic E-state index is 0.424.